The first kappa shape index (κ1) is 16.2. The second-order valence-electron chi connectivity index (χ2n) is 6.07. The van der Waals surface area contributed by atoms with Gasteiger partial charge in [0.1, 0.15) is 0 Å². The van der Waals surface area contributed by atoms with E-state index in [4.69, 9.17) is 5.73 Å². The minimum Gasteiger partial charge on any atom is -0.368 e. The molecule has 124 valence electrons. The van der Waals surface area contributed by atoms with E-state index in [1.165, 1.54) is 11.1 Å². The molecule has 5 heteroatoms. The molecule has 2 aromatic rings. The zero-order chi connectivity index (χ0) is 17.1. The molecule has 24 heavy (non-hydrogen) atoms. The molecule has 1 aliphatic rings. The number of primary amides is 1. The van der Waals surface area contributed by atoms with Gasteiger partial charge in [-0.25, -0.2) is 0 Å². The van der Waals surface area contributed by atoms with Gasteiger partial charge in [-0.1, -0.05) is 36.4 Å². The molecule has 2 amide bonds. The topological polar surface area (TPSA) is 75.4 Å². The lowest BCUT2D eigenvalue weighted by atomic mass is 9.93. The van der Waals surface area contributed by atoms with Crippen LogP contribution in [0.25, 0.3) is 0 Å². The normalized spacial score (nSPS) is 17.1. The van der Waals surface area contributed by atoms with E-state index >= 15 is 0 Å². The van der Waals surface area contributed by atoms with Crippen LogP contribution in [0.2, 0.25) is 0 Å². The molecule has 0 spiro atoms. The highest BCUT2D eigenvalue weighted by Gasteiger charge is 2.29. The summed E-state index contributed by atoms with van der Waals surface area (Å²) in [6.07, 6.45) is 0.641. The summed E-state index contributed by atoms with van der Waals surface area (Å²) < 4.78 is 0. The van der Waals surface area contributed by atoms with E-state index in [0.29, 0.717) is 25.1 Å². The molecule has 1 aliphatic heterocycles. The number of nitrogens with one attached hydrogen (secondary N) is 1. The Bertz CT molecular complexity index is 755. The lowest BCUT2D eigenvalue weighted by Crippen LogP contribution is -2.48. The maximum Gasteiger partial charge on any atom is 0.251 e. The van der Waals surface area contributed by atoms with Crippen molar-refractivity contribution in [3.63, 3.8) is 0 Å². The van der Waals surface area contributed by atoms with Gasteiger partial charge in [-0.2, -0.15) is 0 Å². The maximum absolute atomic E-state index is 11.9. The van der Waals surface area contributed by atoms with Crippen LogP contribution in [-0.4, -0.2) is 29.8 Å². The first-order valence-electron chi connectivity index (χ1n) is 7.99. The minimum absolute atomic E-state index is 0.108. The third-order valence-corrected chi connectivity index (χ3v) is 4.50. The molecule has 1 heterocycles. The summed E-state index contributed by atoms with van der Waals surface area (Å²) in [5.41, 5.74) is 9.71. The molecular weight excluding hydrogens is 302 g/mol. The van der Waals surface area contributed by atoms with Crippen molar-refractivity contribution in [3.8, 4) is 0 Å². The van der Waals surface area contributed by atoms with Crippen LogP contribution in [-0.2, 0) is 24.3 Å². The number of hydrogen-bond donors (Lipinski definition) is 2. The van der Waals surface area contributed by atoms with Crippen molar-refractivity contribution in [1.29, 1.82) is 0 Å². The number of carbonyl (C=O) groups is 2. The van der Waals surface area contributed by atoms with Crippen molar-refractivity contribution in [2.45, 2.75) is 25.6 Å². The second kappa shape index (κ2) is 6.84. The third kappa shape index (κ3) is 3.31. The summed E-state index contributed by atoms with van der Waals surface area (Å²) in [5, 5.41) is 2.60. The van der Waals surface area contributed by atoms with Gasteiger partial charge in [-0.15, -0.1) is 0 Å². The fourth-order valence-corrected chi connectivity index (χ4v) is 3.16. The smallest absolute Gasteiger partial charge is 0.251 e. The van der Waals surface area contributed by atoms with Crippen LogP contribution in [0.3, 0.4) is 0 Å². The van der Waals surface area contributed by atoms with E-state index in [9.17, 15) is 9.59 Å². The van der Waals surface area contributed by atoms with Crippen molar-refractivity contribution in [1.82, 2.24) is 10.2 Å². The monoisotopic (exact) mass is 323 g/mol. The van der Waals surface area contributed by atoms with Crippen molar-refractivity contribution >= 4 is 11.8 Å². The molecule has 3 rings (SSSR count). The number of rotatable bonds is 4. The highest BCUT2D eigenvalue weighted by molar-refractivity contribution is 5.93. The summed E-state index contributed by atoms with van der Waals surface area (Å²) in [4.78, 5) is 25.6. The average Bonchev–Trinajstić information content (AvgIpc) is 2.61. The van der Waals surface area contributed by atoms with E-state index in [2.05, 4.69) is 22.3 Å². The Morgan fingerprint density at radius 3 is 2.42 bits per heavy atom. The van der Waals surface area contributed by atoms with Crippen molar-refractivity contribution in [2.75, 3.05) is 7.05 Å². The van der Waals surface area contributed by atoms with Crippen LogP contribution < -0.4 is 11.1 Å². The molecule has 0 saturated heterocycles. The number of nitrogens with zero attached hydrogens (tertiary/aromatic N) is 1. The largest absolute Gasteiger partial charge is 0.368 e. The molecule has 0 aromatic heterocycles. The zero-order valence-electron chi connectivity index (χ0n) is 13.7. The van der Waals surface area contributed by atoms with Gasteiger partial charge in [0, 0.05) is 25.7 Å². The van der Waals surface area contributed by atoms with Crippen LogP contribution in [0.1, 0.15) is 27.0 Å². The van der Waals surface area contributed by atoms with Gasteiger partial charge in [0.25, 0.3) is 5.91 Å². The predicted octanol–water partition coefficient (Wildman–Crippen LogP) is 1.46. The van der Waals surface area contributed by atoms with E-state index in [1.807, 2.05) is 24.3 Å². The summed E-state index contributed by atoms with van der Waals surface area (Å²) in [6, 6.07) is 15.3. The second-order valence-corrected chi connectivity index (χ2v) is 6.07. The van der Waals surface area contributed by atoms with E-state index < -0.39 is 0 Å². The lowest BCUT2D eigenvalue weighted by Gasteiger charge is -2.35. The van der Waals surface area contributed by atoms with Gasteiger partial charge in [0.15, 0.2) is 0 Å². The quantitative estimate of drug-likeness (QED) is 0.894. The Labute approximate surface area is 141 Å². The molecule has 0 aliphatic carbocycles. The van der Waals surface area contributed by atoms with Crippen molar-refractivity contribution in [3.05, 3.63) is 70.8 Å². The molecule has 0 saturated carbocycles. The van der Waals surface area contributed by atoms with Gasteiger partial charge in [0.2, 0.25) is 5.91 Å². The molecule has 5 nitrogen and oxygen atoms in total. The minimum atomic E-state index is -0.307. The fourth-order valence-electron chi connectivity index (χ4n) is 3.16. The van der Waals surface area contributed by atoms with Crippen LogP contribution in [0.4, 0.5) is 0 Å². The number of nitrogens with two attached hydrogens (primary N) is 1. The average molecular weight is 323 g/mol. The number of amides is 2. The molecule has 2 aromatic carbocycles. The molecule has 3 N–H and O–H groups in total. The van der Waals surface area contributed by atoms with Crippen LogP contribution in [0, 0.1) is 0 Å². The standard InChI is InChI=1S/C19H21N3O2/c1-21-19(24)14-8-6-13(7-9-14)11-22-12-16-5-3-2-4-15(16)10-17(22)18(20)23/h2-9,17H,10-12H2,1H3,(H2,20,23)(H,21,24)/t17-/m0/s1. The van der Waals surface area contributed by atoms with Crippen LogP contribution in [0.5, 0.6) is 0 Å². The molecule has 0 bridgehead atoms. The fraction of sp³-hybridized carbons (Fsp3) is 0.263. The highest BCUT2D eigenvalue weighted by atomic mass is 16.2. The van der Waals surface area contributed by atoms with E-state index in [-0.39, 0.29) is 17.9 Å². The zero-order valence-corrected chi connectivity index (χ0v) is 13.7. The van der Waals surface area contributed by atoms with Gasteiger partial charge in [-0.3, -0.25) is 14.5 Å². The first-order valence-corrected chi connectivity index (χ1v) is 7.99. The van der Waals surface area contributed by atoms with Crippen LogP contribution in [0.15, 0.2) is 48.5 Å². The van der Waals surface area contributed by atoms with Gasteiger partial charge in [-0.05, 0) is 35.2 Å². The number of fused-ring (bicyclic) bond motifs is 1. The van der Waals surface area contributed by atoms with Gasteiger partial charge >= 0.3 is 0 Å². The lowest BCUT2D eigenvalue weighted by molar-refractivity contribution is -0.124. The summed E-state index contributed by atoms with van der Waals surface area (Å²) >= 11 is 0. The first-order chi connectivity index (χ1) is 11.6. The third-order valence-electron chi connectivity index (χ3n) is 4.50. The van der Waals surface area contributed by atoms with Crippen LogP contribution >= 0.6 is 0 Å². The Morgan fingerprint density at radius 1 is 1.12 bits per heavy atom. The Hall–Kier alpha value is -2.66. The number of carbonyl (C=O) groups excluding carboxylic acids is 2. The Kier molecular flexibility index (Phi) is 4.62. The number of benzene rings is 2. The molecular formula is C19H21N3O2. The van der Waals surface area contributed by atoms with Crippen molar-refractivity contribution < 1.29 is 9.59 Å². The molecule has 0 unspecified atom stereocenters. The number of hydrogen-bond acceptors (Lipinski definition) is 3. The molecule has 0 radical (unpaired) electrons. The maximum atomic E-state index is 11.9. The summed E-state index contributed by atoms with van der Waals surface area (Å²) in [5.74, 6) is -0.407. The molecule has 1 atom stereocenters. The summed E-state index contributed by atoms with van der Waals surface area (Å²) in [7, 11) is 1.61. The molecule has 0 fully saturated rings. The highest BCUT2D eigenvalue weighted by Crippen LogP contribution is 2.25. The Balaban J connectivity index is 1.80. The predicted molar refractivity (Wildman–Crippen MR) is 92.2 cm³/mol. The van der Waals surface area contributed by atoms with Crippen molar-refractivity contribution in [2.24, 2.45) is 5.73 Å². The van der Waals surface area contributed by atoms with Gasteiger partial charge < -0.3 is 11.1 Å². The summed E-state index contributed by atoms with van der Waals surface area (Å²) in [6.45, 7) is 1.32. The van der Waals surface area contributed by atoms with E-state index in [1.54, 1.807) is 19.2 Å². The van der Waals surface area contributed by atoms with Gasteiger partial charge in [0.05, 0.1) is 6.04 Å². The Morgan fingerprint density at radius 2 is 1.79 bits per heavy atom. The SMILES string of the molecule is CNC(=O)c1ccc(CN2Cc3ccccc3C[C@H]2C(N)=O)cc1. The van der Waals surface area contributed by atoms with E-state index in [0.717, 1.165) is 5.56 Å².